The molecule has 7 heteroatoms. The maximum absolute atomic E-state index is 14.2. The van der Waals surface area contributed by atoms with Crippen LogP contribution in [-0.2, 0) is 6.54 Å². The fourth-order valence-electron chi connectivity index (χ4n) is 3.26. The van der Waals surface area contributed by atoms with Crippen molar-refractivity contribution in [3.63, 3.8) is 0 Å². The van der Waals surface area contributed by atoms with Crippen LogP contribution in [0, 0.1) is 5.82 Å². The molecule has 0 saturated carbocycles. The number of nitrogens with one attached hydrogen (secondary N) is 1. The van der Waals surface area contributed by atoms with E-state index in [2.05, 4.69) is 27.1 Å². The standard InChI is InChI=1S/C18H25FN6/c1-2-24-8-3-4-15(24)12-23-18(20)22-11-14-5-6-17(16(19)10-14)25-9-7-21-13-25/h5-7,9-10,13,15H,2-4,8,11-12H2,1H3,(H3,20,22,23). The molecular weight excluding hydrogens is 319 g/mol. The predicted octanol–water partition coefficient (Wildman–Crippen LogP) is 1.90. The molecule has 1 aromatic heterocycles. The second-order valence-corrected chi connectivity index (χ2v) is 6.26. The first-order chi connectivity index (χ1) is 12.2. The number of guanidine groups is 1. The van der Waals surface area contributed by atoms with Gasteiger partial charge < -0.3 is 15.6 Å². The average Bonchev–Trinajstić information content (AvgIpc) is 3.29. The van der Waals surface area contributed by atoms with Crippen LogP contribution in [0.25, 0.3) is 5.69 Å². The van der Waals surface area contributed by atoms with E-state index in [1.165, 1.54) is 18.9 Å². The van der Waals surface area contributed by atoms with E-state index < -0.39 is 0 Å². The zero-order chi connectivity index (χ0) is 17.6. The molecule has 0 amide bonds. The number of halogens is 1. The molecule has 1 unspecified atom stereocenters. The number of hydrogen-bond donors (Lipinski definition) is 2. The molecule has 3 rings (SSSR count). The number of aliphatic imine (C=N–C) groups is 1. The van der Waals surface area contributed by atoms with Gasteiger partial charge >= 0.3 is 0 Å². The summed E-state index contributed by atoms with van der Waals surface area (Å²) in [7, 11) is 0. The third-order valence-corrected chi connectivity index (χ3v) is 4.65. The van der Waals surface area contributed by atoms with Gasteiger partial charge in [-0.15, -0.1) is 0 Å². The Morgan fingerprint density at radius 3 is 3.08 bits per heavy atom. The van der Waals surface area contributed by atoms with Crippen molar-refractivity contribution in [2.24, 2.45) is 10.7 Å². The summed E-state index contributed by atoms with van der Waals surface area (Å²) >= 11 is 0. The van der Waals surface area contributed by atoms with Crippen molar-refractivity contribution in [3.05, 3.63) is 48.3 Å². The van der Waals surface area contributed by atoms with Crippen LogP contribution in [0.1, 0.15) is 25.3 Å². The predicted molar refractivity (Wildman–Crippen MR) is 97.1 cm³/mol. The second kappa shape index (κ2) is 8.11. The molecule has 1 atom stereocenters. The Hall–Kier alpha value is -2.41. The molecule has 1 saturated heterocycles. The van der Waals surface area contributed by atoms with E-state index in [1.807, 2.05) is 6.07 Å². The number of imidazole rings is 1. The van der Waals surface area contributed by atoms with Crippen LogP contribution >= 0.6 is 0 Å². The zero-order valence-corrected chi connectivity index (χ0v) is 14.5. The molecule has 134 valence electrons. The molecule has 1 aromatic carbocycles. The Bertz CT molecular complexity index is 712. The lowest BCUT2D eigenvalue weighted by Gasteiger charge is -2.23. The molecular formula is C18H25FN6. The molecule has 6 nitrogen and oxygen atoms in total. The van der Waals surface area contributed by atoms with Gasteiger partial charge in [0.2, 0.25) is 0 Å². The van der Waals surface area contributed by atoms with Gasteiger partial charge in [-0.3, -0.25) is 4.90 Å². The molecule has 0 bridgehead atoms. The molecule has 2 heterocycles. The van der Waals surface area contributed by atoms with Gasteiger partial charge in [-0.25, -0.2) is 14.4 Å². The van der Waals surface area contributed by atoms with Crippen LogP contribution in [-0.4, -0.2) is 46.1 Å². The number of rotatable bonds is 6. The minimum absolute atomic E-state index is 0.304. The maximum Gasteiger partial charge on any atom is 0.188 e. The lowest BCUT2D eigenvalue weighted by molar-refractivity contribution is 0.267. The molecule has 3 N–H and O–H groups in total. The Morgan fingerprint density at radius 2 is 2.36 bits per heavy atom. The molecule has 1 aliphatic rings. The SMILES string of the molecule is CCN1CCCC1CNC(N)=NCc1ccc(-n2ccnc2)c(F)c1. The number of likely N-dealkylation sites (tertiary alicyclic amines) is 1. The van der Waals surface area contributed by atoms with Crippen molar-refractivity contribution in [1.29, 1.82) is 0 Å². The van der Waals surface area contributed by atoms with Gasteiger partial charge in [-0.05, 0) is 43.6 Å². The van der Waals surface area contributed by atoms with Gasteiger partial charge in [0.25, 0.3) is 0 Å². The normalized spacial score (nSPS) is 18.6. The maximum atomic E-state index is 14.2. The molecule has 0 spiro atoms. The van der Waals surface area contributed by atoms with Crippen molar-refractivity contribution in [2.75, 3.05) is 19.6 Å². The fourth-order valence-corrected chi connectivity index (χ4v) is 3.26. The van der Waals surface area contributed by atoms with E-state index >= 15 is 0 Å². The number of hydrogen-bond acceptors (Lipinski definition) is 3. The van der Waals surface area contributed by atoms with E-state index in [-0.39, 0.29) is 5.82 Å². The fraction of sp³-hybridized carbons (Fsp3) is 0.444. The first kappa shape index (κ1) is 17.4. The molecule has 25 heavy (non-hydrogen) atoms. The summed E-state index contributed by atoms with van der Waals surface area (Å²) in [4.78, 5) is 10.7. The second-order valence-electron chi connectivity index (χ2n) is 6.26. The number of likely N-dealkylation sites (N-methyl/N-ethyl adjacent to an activating group) is 1. The molecule has 0 aliphatic carbocycles. The number of aromatic nitrogens is 2. The van der Waals surface area contributed by atoms with Gasteiger partial charge in [0.1, 0.15) is 5.82 Å². The third kappa shape index (κ3) is 4.36. The highest BCUT2D eigenvalue weighted by Crippen LogP contribution is 2.16. The van der Waals surface area contributed by atoms with Crippen LogP contribution < -0.4 is 11.1 Å². The topological polar surface area (TPSA) is 71.5 Å². The number of nitrogens with two attached hydrogens (primary N) is 1. The van der Waals surface area contributed by atoms with E-state index in [0.717, 1.165) is 25.2 Å². The van der Waals surface area contributed by atoms with Gasteiger partial charge in [0.05, 0.1) is 18.6 Å². The Morgan fingerprint density at radius 1 is 1.48 bits per heavy atom. The molecule has 1 aliphatic heterocycles. The zero-order valence-electron chi connectivity index (χ0n) is 14.5. The highest BCUT2D eigenvalue weighted by Gasteiger charge is 2.22. The van der Waals surface area contributed by atoms with Gasteiger partial charge in [0, 0.05) is 25.0 Å². The highest BCUT2D eigenvalue weighted by atomic mass is 19.1. The average molecular weight is 344 g/mol. The van der Waals surface area contributed by atoms with E-state index in [9.17, 15) is 4.39 Å². The summed E-state index contributed by atoms with van der Waals surface area (Å²) in [5.41, 5.74) is 7.20. The van der Waals surface area contributed by atoms with Crippen molar-refractivity contribution >= 4 is 5.96 Å². The van der Waals surface area contributed by atoms with Crippen molar-refractivity contribution in [1.82, 2.24) is 19.8 Å². The van der Waals surface area contributed by atoms with Crippen molar-refractivity contribution in [2.45, 2.75) is 32.4 Å². The summed E-state index contributed by atoms with van der Waals surface area (Å²) in [5, 5.41) is 3.19. The van der Waals surface area contributed by atoms with Crippen molar-refractivity contribution in [3.8, 4) is 5.69 Å². The van der Waals surface area contributed by atoms with E-state index in [1.54, 1.807) is 29.4 Å². The van der Waals surface area contributed by atoms with Crippen LogP contribution in [0.15, 0.2) is 41.9 Å². The van der Waals surface area contributed by atoms with Crippen molar-refractivity contribution < 1.29 is 4.39 Å². The summed E-state index contributed by atoms with van der Waals surface area (Å²) in [6.07, 6.45) is 7.32. The minimum Gasteiger partial charge on any atom is -0.370 e. The minimum atomic E-state index is -0.304. The summed E-state index contributed by atoms with van der Waals surface area (Å²) in [6.45, 7) is 5.55. The van der Waals surface area contributed by atoms with E-state index in [4.69, 9.17) is 5.73 Å². The first-order valence-electron chi connectivity index (χ1n) is 8.72. The quantitative estimate of drug-likeness (QED) is 0.620. The van der Waals surface area contributed by atoms with E-state index in [0.29, 0.717) is 24.2 Å². The monoisotopic (exact) mass is 344 g/mol. The largest absolute Gasteiger partial charge is 0.370 e. The first-order valence-corrected chi connectivity index (χ1v) is 8.72. The third-order valence-electron chi connectivity index (χ3n) is 4.65. The van der Waals surface area contributed by atoms with Crippen LogP contribution in [0.5, 0.6) is 0 Å². The molecule has 1 fully saturated rings. The Balaban J connectivity index is 1.55. The summed E-state index contributed by atoms with van der Waals surface area (Å²) < 4.78 is 15.9. The van der Waals surface area contributed by atoms with Crippen LogP contribution in [0.4, 0.5) is 4.39 Å². The smallest absolute Gasteiger partial charge is 0.188 e. The number of benzene rings is 1. The molecule has 2 aromatic rings. The van der Waals surface area contributed by atoms with Crippen LogP contribution in [0.2, 0.25) is 0 Å². The van der Waals surface area contributed by atoms with Gasteiger partial charge in [-0.2, -0.15) is 0 Å². The Labute approximate surface area is 147 Å². The lowest BCUT2D eigenvalue weighted by Crippen LogP contribution is -2.42. The highest BCUT2D eigenvalue weighted by molar-refractivity contribution is 5.77. The summed E-state index contributed by atoms with van der Waals surface area (Å²) in [6, 6.07) is 5.58. The Kier molecular flexibility index (Phi) is 5.65. The van der Waals surface area contributed by atoms with Gasteiger partial charge in [0.15, 0.2) is 5.96 Å². The molecule has 0 radical (unpaired) electrons. The van der Waals surface area contributed by atoms with Gasteiger partial charge in [-0.1, -0.05) is 13.0 Å². The van der Waals surface area contributed by atoms with Crippen LogP contribution in [0.3, 0.4) is 0 Å². The summed E-state index contributed by atoms with van der Waals surface area (Å²) in [5.74, 6) is 0.101. The number of nitrogens with zero attached hydrogens (tertiary/aromatic N) is 4. The lowest BCUT2D eigenvalue weighted by atomic mass is 10.2.